The molecule has 6 heteroatoms. The maximum atomic E-state index is 13.2. The van der Waals surface area contributed by atoms with E-state index in [9.17, 15) is 9.59 Å². The second-order valence-corrected chi connectivity index (χ2v) is 8.06. The molecule has 2 amide bonds. The fourth-order valence-electron chi connectivity index (χ4n) is 3.50. The van der Waals surface area contributed by atoms with Gasteiger partial charge in [-0.2, -0.15) is 0 Å². The highest BCUT2D eigenvalue weighted by Crippen LogP contribution is 2.41. The van der Waals surface area contributed by atoms with Crippen molar-refractivity contribution in [3.63, 3.8) is 0 Å². The van der Waals surface area contributed by atoms with E-state index in [2.05, 4.69) is 11.9 Å². The van der Waals surface area contributed by atoms with Gasteiger partial charge in [0.1, 0.15) is 5.75 Å². The van der Waals surface area contributed by atoms with Crippen LogP contribution in [0.3, 0.4) is 0 Å². The Labute approximate surface area is 185 Å². The molecule has 5 nitrogen and oxygen atoms in total. The predicted molar refractivity (Wildman–Crippen MR) is 123 cm³/mol. The molecule has 0 bridgehead atoms. The van der Waals surface area contributed by atoms with Crippen LogP contribution in [0.25, 0.3) is 0 Å². The van der Waals surface area contributed by atoms with Gasteiger partial charge in [0.2, 0.25) is 0 Å². The average molecular weight is 431 g/mol. The second kappa shape index (κ2) is 9.10. The Morgan fingerprint density at radius 2 is 1.87 bits per heavy atom. The van der Waals surface area contributed by atoms with E-state index in [1.165, 1.54) is 11.8 Å². The summed E-state index contributed by atoms with van der Waals surface area (Å²) in [5.41, 5.74) is 2.73. The summed E-state index contributed by atoms with van der Waals surface area (Å²) in [6.07, 6.45) is 1.69. The van der Waals surface area contributed by atoms with Gasteiger partial charge < -0.3 is 15.0 Å². The molecule has 1 aliphatic rings. The number of carbonyl (C=O) groups is 2. The number of nitrogens with one attached hydrogen (secondary N) is 1. The summed E-state index contributed by atoms with van der Waals surface area (Å²) >= 11 is 1.53. The molecule has 3 aromatic rings. The second-order valence-electron chi connectivity index (χ2n) is 6.98. The minimum absolute atomic E-state index is 0.103. The Morgan fingerprint density at radius 1 is 1.10 bits per heavy atom. The van der Waals surface area contributed by atoms with Crippen LogP contribution in [0.4, 0.5) is 5.69 Å². The van der Waals surface area contributed by atoms with E-state index in [1.807, 2.05) is 54.6 Å². The average Bonchev–Trinajstić information content (AvgIpc) is 2.92. The van der Waals surface area contributed by atoms with Gasteiger partial charge in [0.05, 0.1) is 18.4 Å². The number of benzene rings is 3. The number of fused-ring (bicyclic) bond motifs is 2. The third-order valence-corrected chi connectivity index (χ3v) is 6.18. The molecule has 0 radical (unpaired) electrons. The summed E-state index contributed by atoms with van der Waals surface area (Å²) in [6, 6.07) is 20.5. The number of carbonyl (C=O) groups excluding carboxylic acids is 2. The molecule has 1 aliphatic heterocycles. The van der Waals surface area contributed by atoms with Gasteiger partial charge in [0.15, 0.2) is 0 Å². The van der Waals surface area contributed by atoms with Crippen LogP contribution in [-0.2, 0) is 6.54 Å². The highest BCUT2D eigenvalue weighted by molar-refractivity contribution is 7.99. The Kier molecular flexibility index (Phi) is 6.09. The maximum absolute atomic E-state index is 13.2. The topological polar surface area (TPSA) is 58.6 Å². The minimum atomic E-state index is -0.216. The van der Waals surface area contributed by atoms with Crippen LogP contribution in [0.2, 0.25) is 0 Å². The van der Waals surface area contributed by atoms with Gasteiger partial charge in [-0.3, -0.25) is 9.59 Å². The molecule has 0 atom stereocenters. The molecule has 0 saturated heterocycles. The van der Waals surface area contributed by atoms with Gasteiger partial charge >= 0.3 is 0 Å². The number of hydrogen-bond donors (Lipinski definition) is 1. The zero-order valence-corrected chi connectivity index (χ0v) is 17.9. The molecule has 0 spiro atoms. The molecule has 1 N–H and O–H groups in total. The lowest BCUT2D eigenvalue weighted by molar-refractivity contribution is 0.0947. The van der Waals surface area contributed by atoms with Crippen LogP contribution in [0, 0.1) is 0 Å². The van der Waals surface area contributed by atoms with E-state index >= 15 is 0 Å². The van der Waals surface area contributed by atoms with Crippen molar-refractivity contribution in [3.8, 4) is 5.75 Å². The van der Waals surface area contributed by atoms with Gasteiger partial charge in [-0.1, -0.05) is 48.2 Å². The Hall–Kier alpha value is -3.51. The number of ether oxygens (including phenoxy) is 1. The largest absolute Gasteiger partial charge is 0.496 e. The predicted octanol–water partition coefficient (Wildman–Crippen LogP) is 4.92. The fourth-order valence-corrected chi connectivity index (χ4v) is 4.56. The molecule has 31 heavy (non-hydrogen) atoms. The molecule has 4 rings (SSSR count). The van der Waals surface area contributed by atoms with E-state index in [1.54, 1.807) is 30.2 Å². The number of para-hydroxylation sites is 1. The quantitative estimate of drug-likeness (QED) is 0.564. The zero-order chi connectivity index (χ0) is 21.8. The lowest BCUT2D eigenvalue weighted by atomic mass is 10.1. The molecule has 156 valence electrons. The van der Waals surface area contributed by atoms with E-state index < -0.39 is 0 Å². The summed E-state index contributed by atoms with van der Waals surface area (Å²) in [5, 5.41) is 2.94. The molecule has 0 fully saturated rings. The molecular formula is C25H22N2O3S. The minimum Gasteiger partial charge on any atom is -0.496 e. The monoisotopic (exact) mass is 430 g/mol. The maximum Gasteiger partial charge on any atom is 0.259 e. The van der Waals surface area contributed by atoms with E-state index in [0.29, 0.717) is 29.9 Å². The van der Waals surface area contributed by atoms with Gasteiger partial charge in [-0.05, 0) is 36.4 Å². The molecule has 3 aromatic carbocycles. The first-order valence-electron chi connectivity index (χ1n) is 9.86. The third kappa shape index (κ3) is 4.20. The summed E-state index contributed by atoms with van der Waals surface area (Å²) in [6.45, 7) is 4.49. The molecular weight excluding hydrogens is 408 g/mol. The Morgan fingerprint density at radius 3 is 2.68 bits per heavy atom. The normalized spacial score (nSPS) is 12.4. The lowest BCUT2D eigenvalue weighted by Gasteiger charge is -2.22. The summed E-state index contributed by atoms with van der Waals surface area (Å²) in [5.74, 6) is 0.404. The number of hydrogen-bond acceptors (Lipinski definition) is 4. The first-order chi connectivity index (χ1) is 15.1. The highest BCUT2D eigenvalue weighted by atomic mass is 32.2. The molecule has 0 unspecified atom stereocenters. The van der Waals surface area contributed by atoms with Gasteiger partial charge in [-0.25, -0.2) is 0 Å². The first kappa shape index (κ1) is 20.8. The molecule has 0 aliphatic carbocycles. The van der Waals surface area contributed by atoms with Crippen LogP contribution >= 0.6 is 11.8 Å². The summed E-state index contributed by atoms with van der Waals surface area (Å²) in [4.78, 5) is 29.6. The van der Waals surface area contributed by atoms with Crippen molar-refractivity contribution in [2.75, 3.05) is 18.6 Å². The third-order valence-electron chi connectivity index (χ3n) is 5.04. The summed E-state index contributed by atoms with van der Waals surface area (Å²) < 4.78 is 5.35. The van der Waals surface area contributed by atoms with Crippen molar-refractivity contribution < 1.29 is 14.3 Å². The van der Waals surface area contributed by atoms with Crippen molar-refractivity contribution in [1.29, 1.82) is 0 Å². The molecule has 0 aromatic heterocycles. The van der Waals surface area contributed by atoms with Crippen molar-refractivity contribution in [1.82, 2.24) is 5.32 Å². The number of methoxy groups -OCH3 is 1. The van der Waals surface area contributed by atoms with E-state index in [4.69, 9.17) is 4.74 Å². The van der Waals surface area contributed by atoms with Crippen LogP contribution in [-0.4, -0.2) is 25.5 Å². The van der Waals surface area contributed by atoms with Crippen molar-refractivity contribution in [2.24, 2.45) is 0 Å². The van der Waals surface area contributed by atoms with Gasteiger partial charge in [-0.15, -0.1) is 6.58 Å². The smallest absolute Gasteiger partial charge is 0.259 e. The first-order valence-corrected chi connectivity index (χ1v) is 10.7. The van der Waals surface area contributed by atoms with Gasteiger partial charge in [0.25, 0.3) is 11.8 Å². The Bertz CT molecular complexity index is 1160. The Balaban J connectivity index is 1.63. The summed E-state index contributed by atoms with van der Waals surface area (Å²) in [7, 11) is 1.61. The van der Waals surface area contributed by atoms with Gasteiger partial charge in [0, 0.05) is 34.0 Å². The van der Waals surface area contributed by atoms with E-state index in [0.717, 1.165) is 21.1 Å². The van der Waals surface area contributed by atoms with Crippen LogP contribution in [0.15, 0.2) is 89.2 Å². The highest BCUT2D eigenvalue weighted by Gasteiger charge is 2.27. The number of nitrogens with zero attached hydrogens (tertiary/aromatic N) is 1. The standard InChI is InChI=1S/C25H22N2O3S/c1-3-14-27-20-15-17(24(28)26-16-18-8-4-6-10-21(18)30-2)12-13-23(20)31-22-11-7-5-9-19(22)25(27)29/h3-13,15H,1,14,16H2,2H3,(H,26,28). The number of rotatable bonds is 6. The van der Waals surface area contributed by atoms with E-state index in [-0.39, 0.29) is 11.8 Å². The van der Waals surface area contributed by atoms with Crippen LogP contribution in [0.5, 0.6) is 5.75 Å². The molecule has 1 heterocycles. The van der Waals surface area contributed by atoms with Crippen LogP contribution in [0.1, 0.15) is 26.3 Å². The lowest BCUT2D eigenvalue weighted by Crippen LogP contribution is -2.31. The van der Waals surface area contributed by atoms with Crippen molar-refractivity contribution in [3.05, 3.63) is 96.1 Å². The van der Waals surface area contributed by atoms with Crippen molar-refractivity contribution in [2.45, 2.75) is 16.3 Å². The fraction of sp³-hybridized carbons (Fsp3) is 0.120. The molecule has 0 saturated carbocycles. The number of anilines is 1. The number of amides is 2. The van der Waals surface area contributed by atoms with Crippen LogP contribution < -0.4 is 15.0 Å². The zero-order valence-electron chi connectivity index (χ0n) is 17.1. The SMILES string of the molecule is C=CCN1C(=O)c2ccccc2Sc2ccc(C(=O)NCc3ccccc3OC)cc21. The van der Waals surface area contributed by atoms with Crippen molar-refractivity contribution >= 4 is 29.3 Å².